The van der Waals surface area contributed by atoms with Gasteiger partial charge in [0.25, 0.3) is 0 Å². The third-order valence-corrected chi connectivity index (χ3v) is 1.95. The summed E-state index contributed by atoms with van der Waals surface area (Å²) in [6.07, 6.45) is 4.48. The molecule has 1 heteroatoms. The third kappa shape index (κ3) is 3.32. The first kappa shape index (κ1) is 9.85. The van der Waals surface area contributed by atoms with Crippen molar-refractivity contribution in [1.82, 2.24) is 0 Å². The third-order valence-electron chi connectivity index (χ3n) is 1.95. The molecule has 0 unspecified atom stereocenters. The molecule has 1 aromatic carbocycles. The molecule has 0 saturated heterocycles. The van der Waals surface area contributed by atoms with Crippen LogP contribution in [0.4, 0.5) is 0 Å². The van der Waals surface area contributed by atoms with Crippen molar-refractivity contribution in [1.29, 1.82) is 0 Å². The van der Waals surface area contributed by atoms with Crippen molar-refractivity contribution in [3.8, 4) is 5.75 Å². The molecule has 0 aliphatic rings. The van der Waals surface area contributed by atoms with Crippen LogP contribution in [0.25, 0.3) is 6.08 Å². The predicted molar refractivity (Wildman–Crippen MR) is 56.7 cm³/mol. The highest BCUT2D eigenvalue weighted by atomic mass is 16.3. The van der Waals surface area contributed by atoms with Gasteiger partial charge >= 0.3 is 0 Å². The molecule has 13 heavy (non-hydrogen) atoms. The average Bonchev–Trinajstić information content (AvgIpc) is 2.09. The minimum atomic E-state index is 0.324. The summed E-state index contributed by atoms with van der Waals surface area (Å²) in [7, 11) is 0. The zero-order valence-corrected chi connectivity index (χ0v) is 8.25. The lowest BCUT2D eigenvalue weighted by atomic mass is 10.1. The van der Waals surface area contributed by atoms with Gasteiger partial charge in [-0.3, -0.25) is 0 Å². The van der Waals surface area contributed by atoms with Crippen LogP contribution in [0.1, 0.15) is 32.3 Å². The SMILES string of the molecule is CCC/C(C)=C/c1ccc(O)cc1. The van der Waals surface area contributed by atoms with Crippen LogP contribution in [0.2, 0.25) is 0 Å². The Morgan fingerprint density at radius 1 is 1.31 bits per heavy atom. The predicted octanol–water partition coefficient (Wildman–Crippen LogP) is 3.60. The van der Waals surface area contributed by atoms with Gasteiger partial charge in [0.05, 0.1) is 0 Å². The fourth-order valence-electron chi connectivity index (χ4n) is 1.32. The van der Waals surface area contributed by atoms with Crippen molar-refractivity contribution in [3.05, 3.63) is 35.4 Å². The van der Waals surface area contributed by atoms with Gasteiger partial charge in [-0.15, -0.1) is 0 Å². The molecule has 1 rings (SSSR count). The summed E-state index contributed by atoms with van der Waals surface area (Å²) in [5, 5.41) is 9.07. The monoisotopic (exact) mass is 176 g/mol. The van der Waals surface area contributed by atoms with Gasteiger partial charge in [0, 0.05) is 0 Å². The van der Waals surface area contributed by atoms with E-state index in [0.29, 0.717) is 5.75 Å². The number of allylic oxidation sites excluding steroid dienone is 1. The molecular weight excluding hydrogens is 160 g/mol. The Bertz CT molecular complexity index is 282. The highest BCUT2D eigenvalue weighted by molar-refractivity contribution is 5.53. The van der Waals surface area contributed by atoms with Crippen molar-refractivity contribution >= 4 is 6.08 Å². The van der Waals surface area contributed by atoms with E-state index in [1.165, 1.54) is 12.0 Å². The van der Waals surface area contributed by atoms with Crippen LogP contribution in [0.5, 0.6) is 5.75 Å². The van der Waals surface area contributed by atoms with E-state index in [1.54, 1.807) is 12.1 Å². The second kappa shape index (κ2) is 4.70. The zero-order valence-electron chi connectivity index (χ0n) is 8.25. The molecule has 70 valence electrons. The van der Waals surface area contributed by atoms with Gasteiger partial charge < -0.3 is 5.11 Å². The molecule has 0 fully saturated rings. The fraction of sp³-hybridized carbons (Fsp3) is 0.333. The van der Waals surface area contributed by atoms with E-state index in [2.05, 4.69) is 19.9 Å². The first-order valence-corrected chi connectivity index (χ1v) is 4.68. The number of phenolic OH excluding ortho intramolecular Hbond substituents is 1. The van der Waals surface area contributed by atoms with Crippen LogP contribution in [-0.2, 0) is 0 Å². The van der Waals surface area contributed by atoms with Gasteiger partial charge in [0.1, 0.15) is 5.75 Å². The molecular formula is C12H16O. The van der Waals surface area contributed by atoms with Gasteiger partial charge in [-0.1, -0.05) is 37.1 Å². The second-order valence-corrected chi connectivity index (χ2v) is 3.33. The molecule has 0 aliphatic carbocycles. The van der Waals surface area contributed by atoms with Crippen molar-refractivity contribution in [2.24, 2.45) is 0 Å². The quantitative estimate of drug-likeness (QED) is 0.746. The average molecular weight is 176 g/mol. The Kier molecular flexibility index (Phi) is 3.56. The Morgan fingerprint density at radius 3 is 2.46 bits per heavy atom. The van der Waals surface area contributed by atoms with Crippen LogP contribution in [0.15, 0.2) is 29.8 Å². The maximum Gasteiger partial charge on any atom is 0.115 e. The Balaban J connectivity index is 2.73. The van der Waals surface area contributed by atoms with E-state index < -0.39 is 0 Å². The molecule has 0 radical (unpaired) electrons. The fourth-order valence-corrected chi connectivity index (χ4v) is 1.32. The maximum absolute atomic E-state index is 9.07. The Hall–Kier alpha value is -1.24. The summed E-state index contributed by atoms with van der Waals surface area (Å²) in [5.41, 5.74) is 2.54. The van der Waals surface area contributed by atoms with E-state index in [1.807, 2.05) is 12.1 Å². The number of phenols is 1. The molecule has 0 aromatic heterocycles. The lowest BCUT2D eigenvalue weighted by Gasteiger charge is -1.98. The van der Waals surface area contributed by atoms with Crippen molar-refractivity contribution in [2.45, 2.75) is 26.7 Å². The topological polar surface area (TPSA) is 20.2 Å². The number of hydrogen-bond acceptors (Lipinski definition) is 1. The van der Waals surface area contributed by atoms with Crippen LogP contribution in [-0.4, -0.2) is 5.11 Å². The summed E-state index contributed by atoms with van der Waals surface area (Å²) in [5.74, 6) is 0.324. The molecule has 0 saturated carbocycles. The lowest BCUT2D eigenvalue weighted by molar-refractivity contribution is 0.475. The smallest absolute Gasteiger partial charge is 0.115 e. The minimum Gasteiger partial charge on any atom is -0.508 e. The highest BCUT2D eigenvalue weighted by Gasteiger charge is 1.91. The zero-order chi connectivity index (χ0) is 9.68. The largest absolute Gasteiger partial charge is 0.508 e. The maximum atomic E-state index is 9.07. The van der Waals surface area contributed by atoms with E-state index in [0.717, 1.165) is 12.0 Å². The molecule has 0 spiro atoms. The summed E-state index contributed by atoms with van der Waals surface area (Å²) < 4.78 is 0. The molecule has 1 N–H and O–H groups in total. The van der Waals surface area contributed by atoms with Gasteiger partial charge in [0.2, 0.25) is 0 Å². The highest BCUT2D eigenvalue weighted by Crippen LogP contribution is 2.14. The summed E-state index contributed by atoms with van der Waals surface area (Å²) in [4.78, 5) is 0. The molecule has 1 aromatic rings. The number of aromatic hydroxyl groups is 1. The minimum absolute atomic E-state index is 0.324. The normalized spacial score (nSPS) is 11.7. The molecule has 0 atom stereocenters. The second-order valence-electron chi connectivity index (χ2n) is 3.33. The first-order valence-electron chi connectivity index (χ1n) is 4.68. The molecule has 0 aliphatic heterocycles. The van der Waals surface area contributed by atoms with Gasteiger partial charge in [0.15, 0.2) is 0 Å². The Labute approximate surface area is 79.7 Å². The summed E-state index contributed by atoms with van der Waals surface area (Å²) in [6, 6.07) is 7.28. The van der Waals surface area contributed by atoms with Crippen molar-refractivity contribution < 1.29 is 5.11 Å². The van der Waals surface area contributed by atoms with Crippen LogP contribution in [0.3, 0.4) is 0 Å². The van der Waals surface area contributed by atoms with Crippen LogP contribution < -0.4 is 0 Å². The van der Waals surface area contributed by atoms with E-state index in [4.69, 9.17) is 5.11 Å². The van der Waals surface area contributed by atoms with Gasteiger partial charge in [-0.2, -0.15) is 0 Å². The molecule has 0 bridgehead atoms. The van der Waals surface area contributed by atoms with E-state index in [-0.39, 0.29) is 0 Å². The Morgan fingerprint density at radius 2 is 1.92 bits per heavy atom. The first-order chi connectivity index (χ1) is 6.22. The molecule has 1 nitrogen and oxygen atoms in total. The number of benzene rings is 1. The standard InChI is InChI=1S/C12H16O/c1-3-4-10(2)9-11-5-7-12(13)8-6-11/h5-9,13H,3-4H2,1-2H3/b10-9+. The van der Waals surface area contributed by atoms with E-state index in [9.17, 15) is 0 Å². The lowest BCUT2D eigenvalue weighted by Crippen LogP contribution is -1.76. The summed E-state index contributed by atoms with van der Waals surface area (Å²) >= 11 is 0. The van der Waals surface area contributed by atoms with Gasteiger partial charge in [-0.05, 0) is 31.0 Å². The number of rotatable bonds is 3. The molecule has 0 heterocycles. The molecule has 0 amide bonds. The number of hydrogen-bond donors (Lipinski definition) is 1. The van der Waals surface area contributed by atoms with Crippen molar-refractivity contribution in [2.75, 3.05) is 0 Å². The van der Waals surface area contributed by atoms with Gasteiger partial charge in [-0.25, -0.2) is 0 Å². The van der Waals surface area contributed by atoms with E-state index >= 15 is 0 Å². The van der Waals surface area contributed by atoms with Crippen LogP contribution in [0, 0.1) is 0 Å². The van der Waals surface area contributed by atoms with Crippen molar-refractivity contribution in [3.63, 3.8) is 0 Å². The summed E-state index contributed by atoms with van der Waals surface area (Å²) in [6.45, 7) is 4.31. The van der Waals surface area contributed by atoms with Crippen LogP contribution >= 0.6 is 0 Å².